The van der Waals surface area contributed by atoms with Crippen LogP contribution in [0.3, 0.4) is 0 Å². The van der Waals surface area contributed by atoms with Gasteiger partial charge in [0, 0.05) is 43.2 Å². The fourth-order valence-corrected chi connectivity index (χ4v) is 5.07. The number of ether oxygens (including phenoxy) is 1. The molecule has 2 N–H and O–H groups in total. The number of carbonyl (C=O) groups is 3. The minimum atomic E-state index is -0.418. The number of amides is 2. The monoisotopic (exact) mass is 445 g/mol. The molecule has 0 spiro atoms. The predicted molar refractivity (Wildman–Crippen MR) is 125 cm³/mol. The zero-order chi connectivity index (χ0) is 23.1. The third kappa shape index (κ3) is 3.93. The molecule has 0 atom stereocenters. The van der Waals surface area contributed by atoms with Crippen molar-refractivity contribution in [2.45, 2.75) is 51.6 Å². The summed E-state index contributed by atoms with van der Waals surface area (Å²) in [6.07, 6.45) is 6.22. The van der Waals surface area contributed by atoms with E-state index in [0.717, 1.165) is 16.6 Å². The van der Waals surface area contributed by atoms with Crippen LogP contribution in [0.25, 0.3) is 22.0 Å². The van der Waals surface area contributed by atoms with Crippen LogP contribution >= 0.6 is 0 Å². The van der Waals surface area contributed by atoms with E-state index in [2.05, 4.69) is 15.2 Å². The molecule has 1 aromatic heterocycles. The molecule has 2 aliphatic rings. The van der Waals surface area contributed by atoms with Crippen molar-refractivity contribution in [3.63, 3.8) is 0 Å². The molecule has 0 bridgehead atoms. The molecule has 1 aliphatic carbocycles. The largest absolute Gasteiger partial charge is 0.427 e. The van der Waals surface area contributed by atoms with Gasteiger partial charge in [-0.25, -0.2) is 0 Å². The summed E-state index contributed by atoms with van der Waals surface area (Å²) in [6.45, 7) is 2.05. The van der Waals surface area contributed by atoms with Gasteiger partial charge < -0.3 is 14.6 Å². The Kier molecular flexibility index (Phi) is 5.50. The maximum atomic E-state index is 12.8. The molecule has 2 heterocycles. The standard InChI is InChI=1S/C26H27N3O4/c1-15(30)33-19-10-6-7-16(11-19)20-13-22-21(24-23(20)25(31)28-26(24)32)12-18(29(22)2)14-27-17-8-4-3-5-9-17/h6-7,10-13,17,27H,3-5,8-9,14H2,1-2H3,(H,28,31,32). The van der Waals surface area contributed by atoms with Crippen molar-refractivity contribution in [3.8, 4) is 16.9 Å². The van der Waals surface area contributed by atoms with Crippen molar-refractivity contribution >= 4 is 28.7 Å². The zero-order valence-electron chi connectivity index (χ0n) is 18.9. The van der Waals surface area contributed by atoms with Crippen molar-refractivity contribution in [3.05, 3.63) is 53.2 Å². The maximum Gasteiger partial charge on any atom is 0.308 e. The smallest absolute Gasteiger partial charge is 0.308 e. The summed E-state index contributed by atoms with van der Waals surface area (Å²) in [5.74, 6) is -0.813. The van der Waals surface area contributed by atoms with Crippen LogP contribution in [0.4, 0.5) is 0 Å². The quantitative estimate of drug-likeness (QED) is 0.351. The van der Waals surface area contributed by atoms with E-state index in [1.807, 2.05) is 25.2 Å². The van der Waals surface area contributed by atoms with Crippen LogP contribution in [0.2, 0.25) is 0 Å². The molecule has 7 heteroatoms. The van der Waals surface area contributed by atoms with Gasteiger partial charge >= 0.3 is 5.97 Å². The number of imide groups is 1. The highest BCUT2D eigenvalue weighted by atomic mass is 16.5. The molecule has 5 rings (SSSR count). The first-order chi connectivity index (χ1) is 15.9. The second-order valence-electron chi connectivity index (χ2n) is 8.92. The first kappa shape index (κ1) is 21.4. The van der Waals surface area contributed by atoms with Crippen LogP contribution in [0.5, 0.6) is 5.75 Å². The number of rotatable bonds is 5. The van der Waals surface area contributed by atoms with E-state index in [4.69, 9.17) is 4.74 Å². The summed E-state index contributed by atoms with van der Waals surface area (Å²) >= 11 is 0. The molecule has 1 saturated carbocycles. The van der Waals surface area contributed by atoms with Gasteiger partial charge in [0.2, 0.25) is 0 Å². The lowest BCUT2D eigenvalue weighted by atomic mass is 9.93. The Hall–Kier alpha value is -3.45. The van der Waals surface area contributed by atoms with Crippen molar-refractivity contribution in [1.29, 1.82) is 0 Å². The third-order valence-electron chi connectivity index (χ3n) is 6.71. The Bertz CT molecular complexity index is 1280. The predicted octanol–water partition coefficient (Wildman–Crippen LogP) is 4.08. The van der Waals surface area contributed by atoms with Gasteiger partial charge in [-0.15, -0.1) is 0 Å². The van der Waals surface area contributed by atoms with Gasteiger partial charge in [-0.05, 0) is 48.2 Å². The van der Waals surface area contributed by atoms with Gasteiger partial charge in [0.1, 0.15) is 5.75 Å². The molecule has 2 amide bonds. The molecule has 7 nitrogen and oxygen atoms in total. The van der Waals surface area contributed by atoms with E-state index in [1.165, 1.54) is 39.0 Å². The van der Waals surface area contributed by atoms with Crippen molar-refractivity contribution in [2.75, 3.05) is 0 Å². The van der Waals surface area contributed by atoms with Crippen LogP contribution < -0.4 is 15.4 Å². The first-order valence-corrected chi connectivity index (χ1v) is 11.5. The summed E-state index contributed by atoms with van der Waals surface area (Å²) in [5, 5.41) is 6.89. The number of nitrogens with one attached hydrogen (secondary N) is 2. The highest BCUT2D eigenvalue weighted by Crippen LogP contribution is 2.37. The highest BCUT2D eigenvalue weighted by Gasteiger charge is 2.33. The minimum absolute atomic E-state index is 0.366. The molecule has 0 unspecified atom stereocenters. The summed E-state index contributed by atoms with van der Waals surface area (Å²) < 4.78 is 7.31. The number of benzene rings is 2. The number of fused-ring (bicyclic) bond motifs is 3. The second-order valence-corrected chi connectivity index (χ2v) is 8.92. The minimum Gasteiger partial charge on any atom is -0.427 e. The molecule has 170 valence electrons. The Balaban J connectivity index is 1.60. The molecule has 0 radical (unpaired) electrons. The average molecular weight is 446 g/mol. The topological polar surface area (TPSA) is 89.4 Å². The van der Waals surface area contributed by atoms with E-state index in [9.17, 15) is 14.4 Å². The van der Waals surface area contributed by atoms with Crippen molar-refractivity contribution in [1.82, 2.24) is 15.2 Å². The zero-order valence-corrected chi connectivity index (χ0v) is 18.9. The highest BCUT2D eigenvalue weighted by molar-refractivity contribution is 6.29. The van der Waals surface area contributed by atoms with E-state index in [1.54, 1.807) is 18.2 Å². The summed E-state index contributed by atoms with van der Waals surface area (Å²) in [4.78, 5) is 37.0. The molecule has 1 fully saturated rings. The Labute approximate surface area is 192 Å². The average Bonchev–Trinajstić information content (AvgIpc) is 3.28. The Morgan fingerprint density at radius 2 is 1.85 bits per heavy atom. The van der Waals surface area contributed by atoms with Gasteiger partial charge in [0.05, 0.1) is 11.1 Å². The SMILES string of the molecule is CC(=O)Oc1cccc(-c2cc3c(cc(CNC4CCCCC4)n3C)c3c2C(=O)NC3=O)c1. The van der Waals surface area contributed by atoms with Gasteiger partial charge in [0.15, 0.2) is 0 Å². The van der Waals surface area contributed by atoms with E-state index in [-0.39, 0.29) is 5.91 Å². The van der Waals surface area contributed by atoms with Crippen LogP contribution in [0.15, 0.2) is 36.4 Å². The van der Waals surface area contributed by atoms with Gasteiger partial charge in [-0.3, -0.25) is 19.7 Å². The van der Waals surface area contributed by atoms with Crippen LogP contribution in [0, 0.1) is 0 Å². The number of carbonyl (C=O) groups excluding carboxylic acids is 3. The fraction of sp³-hybridized carbons (Fsp3) is 0.346. The lowest BCUT2D eigenvalue weighted by Gasteiger charge is -2.23. The molecule has 3 aromatic rings. The van der Waals surface area contributed by atoms with Crippen LogP contribution in [0.1, 0.15) is 65.4 Å². The number of hydrogen-bond donors (Lipinski definition) is 2. The van der Waals surface area contributed by atoms with Crippen molar-refractivity contribution in [2.24, 2.45) is 7.05 Å². The summed E-state index contributed by atoms with van der Waals surface area (Å²) in [6, 6.07) is 11.5. The Morgan fingerprint density at radius 3 is 2.61 bits per heavy atom. The van der Waals surface area contributed by atoms with Crippen LogP contribution in [-0.4, -0.2) is 28.4 Å². The lowest BCUT2D eigenvalue weighted by molar-refractivity contribution is -0.131. The van der Waals surface area contributed by atoms with E-state index in [0.29, 0.717) is 40.6 Å². The third-order valence-corrected chi connectivity index (χ3v) is 6.71. The number of aryl methyl sites for hydroxylation is 1. The first-order valence-electron chi connectivity index (χ1n) is 11.5. The molecular formula is C26H27N3O4. The molecule has 33 heavy (non-hydrogen) atoms. The van der Waals surface area contributed by atoms with Crippen molar-refractivity contribution < 1.29 is 19.1 Å². The summed E-state index contributed by atoms with van der Waals surface area (Å²) in [7, 11) is 1.99. The lowest BCUT2D eigenvalue weighted by Crippen LogP contribution is -2.31. The van der Waals surface area contributed by atoms with Crippen LogP contribution in [-0.2, 0) is 18.4 Å². The number of esters is 1. The fourth-order valence-electron chi connectivity index (χ4n) is 5.07. The number of nitrogens with zero attached hydrogens (tertiary/aromatic N) is 1. The van der Waals surface area contributed by atoms with E-state index >= 15 is 0 Å². The molecule has 0 saturated heterocycles. The maximum absolute atomic E-state index is 12.8. The number of aromatic nitrogens is 1. The second kappa shape index (κ2) is 8.48. The Morgan fingerprint density at radius 1 is 1.09 bits per heavy atom. The van der Waals surface area contributed by atoms with Gasteiger partial charge in [-0.1, -0.05) is 31.4 Å². The normalized spacial score (nSPS) is 16.2. The molecule has 2 aromatic carbocycles. The van der Waals surface area contributed by atoms with Gasteiger partial charge in [0.25, 0.3) is 11.8 Å². The van der Waals surface area contributed by atoms with E-state index < -0.39 is 11.9 Å². The molecule has 1 aliphatic heterocycles. The number of hydrogen-bond acceptors (Lipinski definition) is 5. The molecular weight excluding hydrogens is 418 g/mol. The summed E-state index contributed by atoms with van der Waals surface area (Å²) in [5.41, 5.74) is 4.07. The van der Waals surface area contributed by atoms with Gasteiger partial charge in [-0.2, -0.15) is 0 Å².